The van der Waals surface area contributed by atoms with E-state index in [1.54, 1.807) is 6.07 Å². The van der Waals surface area contributed by atoms with Gasteiger partial charge in [-0.3, -0.25) is 4.79 Å². The number of carbonyl (C=O) groups excluding carboxylic acids is 1. The van der Waals surface area contributed by atoms with Crippen molar-refractivity contribution in [3.63, 3.8) is 0 Å². The SMILES string of the molecule is CCN(CCCNC(=O)c1sccc1N)c1ccccc1. The number of rotatable bonds is 7. The van der Waals surface area contributed by atoms with Gasteiger partial charge in [0.25, 0.3) is 5.91 Å². The van der Waals surface area contributed by atoms with Crippen molar-refractivity contribution in [2.24, 2.45) is 0 Å². The Bertz CT molecular complexity index is 568. The van der Waals surface area contributed by atoms with Crippen LogP contribution in [0, 0.1) is 0 Å². The largest absolute Gasteiger partial charge is 0.397 e. The number of carbonyl (C=O) groups is 1. The van der Waals surface area contributed by atoms with Crippen molar-refractivity contribution in [1.82, 2.24) is 5.32 Å². The topological polar surface area (TPSA) is 58.4 Å². The third-order valence-electron chi connectivity index (χ3n) is 3.30. The Balaban J connectivity index is 1.76. The smallest absolute Gasteiger partial charge is 0.263 e. The average Bonchev–Trinajstić information content (AvgIpc) is 2.94. The lowest BCUT2D eigenvalue weighted by molar-refractivity contribution is 0.0958. The number of nitrogen functional groups attached to an aromatic ring is 1. The van der Waals surface area contributed by atoms with Crippen LogP contribution in [-0.4, -0.2) is 25.5 Å². The Morgan fingerprint density at radius 3 is 2.67 bits per heavy atom. The highest BCUT2D eigenvalue weighted by Crippen LogP contribution is 2.18. The van der Waals surface area contributed by atoms with E-state index < -0.39 is 0 Å². The Morgan fingerprint density at radius 1 is 1.29 bits per heavy atom. The van der Waals surface area contributed by atoms with Crippen LogP contribution in [0.4, 0.5) is 11.4 Å². The van der Waals surface area contributed by atoms with E-state index in [2.05, 4.69) is 29.3 Å². The molecule has 0 aliphatic heterocycles. The van der Waals surface area contributed by atoms with Crippen molar-refractivity contribution in [1.29, 1.82) is 0 Å². The monoisotopic (exact) mass is 303 g/mol. The van der Waals surface area contributed by atoms with Gasteiger partial charge in [0.1, 0.15) is 4.88 Å². The van der Waals surface area contributed by atoms with Gasteiger partial charge in [-0.05, 0) is 36.9 Å². The Labute approximate surface area is 129 Å². The number of hydrogen-bond donors (Lipinski definition) is 2. The second-order valence-corrected chi connectivity index (χ2v) is 5.65. The molecule has 0 radical (unpaired) electrons. The number of nitrogens with zero attached hydrogens (tertiary/aromatic N) is 1. The zero-order valence-corrected chi connectivity index (χ0v) is 13.0. The van der Waals surface area contributed by atoms with Gasteiger partial charge in [-0.25, -0.2) is 0 Å². The summed E-state index contributed by atoms with van der Waals surface area (Å²) < 4.78 is 0. The zero-order valence-electron chi connectivity index (χ0n) is 12.2. The molecule has 2 aromatic rings. The molecular weight excluding hydrogens is 282 g/mol. The lowest BCUT2D eigenvalue weighted by Gasteiger charge is -2.23. The van der Waals surface area contributed by atoms with Gasteiger partial charge < -0.3 is 16.0 Å². The Kier molecular flexibility index (Phi) is 5.63. The van der Waals surface area contributed by atoms with Gasteiger partial charge in [0.05, 0.1) is 5.69 Å². The average molecular weight is 303 g/mol. The number of para-hydroxylation sites is 1. The molecule has 5 heteroatoms. The molecule has 0 aliphatic rings. The fourth-order valence-electron chi connectivity index (χ4n) is 2.16. The number of nitrogens with two attached hydrogens (primary N) is 1. The van der Waals surface area contributed by atoms with Crippen LogP contribution in [0.15, 0.2) is 41.8 Å². The van der Waals surface area contributed by atoms with Crippen molar-refractivity contribution in [3.05, 3.63) is 46.7 Å². The second kappa shape index (κ2) is 7.69. The van der Waals surface area contributed by atoms with E-state index in [9.17, 15) is 4.79 Å². The molecule has 1 aromatic carbocycles. The molecule has 1 heterocycles. The fourth-order valence-corrected chi connectivity index (χ4v) is 2.90. The molecule has 1 amide bonds. The molecule has 0 fully saturated rings. The van der Waals surface area contributed by atoms with Gasteiger partial charge in [0.2, 0.25) is 0 Å². The van der Waals surface area contributed by atoms with Gasteiger partial charge in [0.15, 0.2) is 0 Å². The van der Waals surface area contributed by atoms with E-state index in [1.807, 2.05) is 23.6 Å². The van der Waals surface area contributed by atoms with Crippen LogP contribution in [-0.2, 0) is 0 Å². The summed E-state index contributed by atoms with van der Waals surface area (Å²) in [6, 6.07) is 12.1. The van der Waals surface area contributed by atoms with Gasteiger partial charge >= 0.3 is 0 Å². The molecule has 4 nitrogen and oxygen atoms in total. The van der Waals surface area contributed by atoms with Crippen LogP contribution in [0.3, 0.4) is 0 Å². The summed E-state index contributed by atoms with van der Waals surface area (Å²) >= 11 is 1.38. The molecular formula is C16H21N3OS. The Morgan fingerprint density at radius 2 is 2.05 bits per heavy atom. The van der Waals surface area contributed by atoms with Crippen molar-refractivity contribution in [2.45, 2.75) is 13.3 Å². The maximum Gasteiger partial charge on any atom is 0.263 e. The Hall–Kier alpha value is -2.01. The predicted octanol–water partition coefficient (Wildman–Crippen LogP) is 2.98. The van der Waals surface area contributed by atoms with Crippen molar-refractivity contribution < 1.29 is 4.79 Å². The summed E-state index contributed by atoms with van der Waals surface area (Å²) in [5.74, 6) is -0.0785. The number of thiophene rings is 1. The lowest BCUT2D eigenvalue weighted by Crippen LogP contribution is -2.29. The molecule has 3 N–H and O–H groups in total. The number of hydrogen-bond acceptors (Lipinski definition) is 4. The first kappa shape index (κ1) is 15.4. The summed E-state index contributed by atoms with van der Waals surface area (Å²) in [5, 5.41) is 4.75. The molecule has 0 unspecified atom stereocenters. The highest BCUT2D eigenvalue weighted by molar-refractivity contribution is 7.12. The molecule has 0 saturated heterocycles. The van der Waals surface area contributed by atoms with Crippen LogP contribution in [0.25, 0.3) is 0 Å². The highest BCUT2D eigenvalue weighted by atomic mass is 32.1. The minimum absolute atomic E-state index is 0.0785. The maximum absolute atomic E-state index is 11.9. The van der Waals surface area contributed by atoms with Gasteiger partial charge in [-0.2, -0.15) is 0 Å². The normalized spacial score (nSPS) is 10.3. The van der Waals surface area contributed by atoms with E-state index >= 15 is 0 Å². The first-order chi connectivity index (χ1) is 10.2. The predicted molar refractivity (Wildman–Crippen MR) is 90.0 cm³/mol. The molecule has 0 bridgehead atoms. The third kappa shape index (κ3) is 4.23. The molecule has 0 aliphatic carbocycles. The number of benzene rings is 1. The zero-order chi connectivity index (χ0) is 15.1. The highest BCUT2D eigenvalue weighted by Gasteiger charge is 2.10. The summed E-state index contributed by atoms with van der Waals surface area (Å²) in [6.45, 7) is 4.66. The van der Waals surface area contributed by atoms with Crippen LogP contribution in [0.2, 0.25) is 0 Å². The molecule has 2 rings (SSSR count). The van der Waals surface area contributed by atoms with Crippen molar-refractivity contribution in [2.75, 3.05) is 30.3 Å². The molecule has 0 spiro atoms. The third-order valence-corrected chi connectivity index (χ3v) is 4.22. The fraction of sp³-hybridized carbons (Fsp3) is 0.312. The molecule has 112 valence electrons. The maximum atomic E-state index is 11.9. The molecule has 1 aromatic heterocycles. The minimum atomic E-state index is -0.0785. The molecule has 21 heavy (non-hydrogen) atoms. The first-order valence-corrected chi connectivity index (χ1v) is 8.01. The van der Waals surface area contributed by atoms with E-state index in [4.69, 9.17) is 5.73 Å². The first-order valence-electron chi connectivity index (χ1n) is 7.13. The molecule has 0 atom stereocenters. The van der Waals surface area contributed by atoms with E-state index in [0.717, 1.165) is 19.5 Å². The number of nitrogens with one attached hydrogen (secondary N) is 1. The summed E-state index contributed by atoms with van der Waals surface area (Å²) in [7, 11) is 0. The summed E-state index contributed by atoms with van der Waals surface area (Å²) in [6.07, 6.45) is 0.903. The van der Waals surface area contributed by atoms with Gasteiger partial charge in [-0.1, -0.05) is 18.2 Å². The summed E-state index contributed by atoms with van der Waals surface area (Å²) in [4.78, 5) is 14.8. The van der Waals surface area contributed by atoms with Crippen molar-refractivity contribution in [3.8, 4) is 0 Å². The van der Waals surface area contributed by atoms with Crippen LogP contribution < -0.4 is 16.0 Å². The van der Waals surface area contributed by atoms with Gasteiger partial charge in [0, 0.05) is 25.3 Å². The minimum Gasteiger partial charge on any atom is -0.397 e. The quantitative estimate of drug-likeness (QED) is 0.773. The van der Waals surface area contributed by atoms with E-state index in [1.165, 1.54) is 17.0 Å². The van der Waals surface area contributed by atoms with Crippen molar-refractivity contribution >= 4 is 28.6 Å². The van der Waals surface area contributed by atoms with Crippen LogP contribution in [0.1, 0.15) is 23.0 Å². The number of amides is 1. The van der Waals surface area contributed by atoms with Gasteiger partial charge in [-0.15, -0.1) is 11.3 Å². The standard InChI is InChI=1S/C16H21N3OS/c1-2-19(13-7-4-3-5-8-13)11-6-10-18-16(20)15-14(17)9-12-21-15/h3-5,7-9,12H,2,6,10-11,17H2,1H3,(H,18,20). The molecule has 0 saturated carbocycles. The van der Waals surface area contributed by atoms with E-state index in [0.29, 0.717) is 17.1 Å². The summed E-state index contributed by atoms with van der Waals surface area (Å²) in [5.41, 5.74) is 7.50. The number of anilines is 2. The van der Waals surface area contributed by atoms with Crippen LogP contribution >= 0.6 is 11.3 Å². The van der Waals surface area contributed by atoms with Crippen LogP contribution in [0.5, 0.6) is 0 Å². The second-order valence-electron chi connectivity index (χ2n) is 4.73. The lowest BCUT2D eigenvalue weighted by atomic mass is 10.2. The van der Waals surface area contributed by atoms with E-state index in [-0.39, 0.29) is 5.91 Å².